The first kappa shape index (κ1) is 19.9. The van der Waals surface area contributed by atoms with E-state index in [-0.39, 0.29) is 29.6 Å². The van der Waals surface area contributed by atoms with E-state index in [1.54, 1.807) is 25.3 Å². The molecule has 1 spiro atoms. The summed E-state index contributed by atoms with van der Waals surface area (Å²) in [7, 11) is 1.60. The first-order valence-corrected chi connectivity index (χ1v) is 11.1. The summed E-state index contributed by atoms with van der Waals surface area (Å²) >= 11 is 0. The number of amides is 2. The molecule has 2 aromatic carbocycles. The molecule has 2 bridgehead atoms. The standard InChI is InChI=1S/C25H28N2O4/c1-30-19-9-10-20-22(14-19)31-25(27-24(20)29)15-17-7-8-18(25)13-21(17)23(28)26-12-11-16-5-3-2-4-6-16/h2-6,9-10,14,17-18,21H,7-8,11-13,15H2,1H3,(H,26,28)(H,27,29)/t17-,18+,21-,25-/m0/s1. The van der Waals surface area contributed by atoms with Gasteiger partial charge in [-0.25, -0.2) is 0 Å². The highest BCUT2D eigenvalue weighted by molar-refractivity contribution is 5.98. The topological polar surface area (TPSA) is 76.7 Å². The lowest BCUT2D eigenvalue weighted by Crippen LogP contribution is -2.67. The molecule has 1 aliphatic heterocycles. The van der Waals surface area contributed by atoms with Gasteiger partial charge in [0.25, 0.3) is 5.91 Å². The molecule has 0 saturated heterocycles. The van der Waals surface area contributed by atoms with Gasteiger partial charge in [-0.1, -0.05) is 30.3 Å². The van der Waals surface area contributed by atoms with Crippen molar-refractivity contribution in [2.75, 3.05) is 13.7 Å². The number of carbonyl (C=O) groups is 2. The average molecular weight is 421 g/mol. The van der Waals surface area contributed by atoms with Crippen molar-refractivity contribution in [1.29, 1.82) is 0 Å². The van der Waals surface area contributed by atoms with Crippen LogP contribution in [0.3, 0.4) is 0 Å². The number of methoxy groups -OCH3 is 1. The molecule has 0 radical (unpaired) electrons. The molecular formula is C25H28N2O4. The zero-order chi connectivity index (χ0) is 21.4. The number of carbonyl (C=O) groups excluding carboxylic acids is 2. The van der Waals surface area contributed by atoms with Crippen molar-refractivity contribution in [2.45, 2.75) is 37.8 Å². The summed E-state index contributed by atoms with van der Waals surface area (Å²) in [6.07, 6.45) is 4.18. The van der Waals surface area contributed by atoms with Crippen molar-refractivity contribution in [2.24, 2.45) is 17.8 Å². The smallest absolute Gasteiger partial charge is 0.258 e. The van der Waals surface area contributed by atoms with Crippen LogP contribution in [0.4, 0.5) is 0 Å². The van der Waals surface area contributed by atoms with E-state index in [1.165, 1.54) is 5.56 Å². The summed E-state index contributed by atoms with van der Waals surface area (Å²) < 4.78 is 11.7. The lowest BCUT2D eigenvalue weighted by molar-refractivity contribution is -0.146. The van der Waals surface area contributed by atoms with Gasteiger partial charge in [0.2, 0.25) is 5.91 Å². The number of hydrogen-bond donors (Lipinski definition) is 2. The number of benzene rings is 2. The van der Waals surface area contributed by atoms with Crippen LogP contribution in [-0.2, 0) is 11.2 Å². The Morgan fingerprint density at radius 2 is 2.06 bits per heavy atom. The van der Waals surface area contributed by atoms with E-state index in [0.29, 0.717) is 30.0 Å². The van der Waals surface area contributed by atoms with Crippen LogP contribution in [0, 0.1) is 17.8 Å². The Hall–Kier alpha value is -3.02. The van der Waals surface area contributed by atoms with Gasteiger partial charge in [0, 0.05) is 30.9 Å². The highest BCUT2D eigenvalue weighted by Gasteiger charge is 2.57. The third kappa shape index (κ3) is 3.64. The number of hydrogen-bond acceptors (Lipinski definition) is 4. The highest BCUT2D eigenvalue weighted by Crippen LogP contribution is 2.52. The molecule has 0 unspecified atom stereocenters. The largest absolute Gasteiger partial charge is 0.497 e. The molecule has 2 amide bonds. The van der Waals surface area contributed by atoms with Crippen LogP contribution in [0.2, 0.25) is 0 Å². The quantitative estimate of drug-likeness (QED) is 0.778. The molecule has 4 atom stereocenters. The summed E-state index contributed by atoms with van der Waals surface area (Å²) in [5.74, 6) is 1.55. The molecule has 3 aliphatic carbocycles. The predicted molar refractivity (Wildman–Crippen MR) is 116 cm³/mol. The maximum Gasteiger partial charge on any atom is 0.258 e. The molecule has 162 valence electrons. The number of nitrogens with one attached hydrogen (secondary N) is 2. The summed E-state index contributed by atoms with van der Waals surface area (Å²) in [6, 6.07) is 15.5. The molecule has 31 heavy (non-hydrogen) atoms. The van der Waals surface area contributed by atoms with Crippen molar-refractivity contribution in [3.8, 4) is 11.5 Å². The van der Waals surface area contributed by atoms with Crippen LogP contribution >= 0.6 is 0 Å². The van der Waals surface area contributed by atoms with Gasteiger partial charge in [-0.2, -0.15) is 0 Å². The second-order valence-corrected chi connectivity index (χ2v) is 8.92. The SMILES string of the molecule is COc1ccc2c(c1)O[C@]1(C[C@@H]3CC[C@@H]1C[C@@H]3C(=O)NCCc1ccccc1)NC2=O. The molecule has 3 fully saturated rings. The van der Waals surface area contributed by atoms with Gasteiger partial charge >= 0.3 is 0 Å². The number of ether oxygens (including phenoxy) is 2. The normalized spacial score (nSPS) is 28.4. The second-order valence-electron chi connectivity index (χ2n) is 8.92. The van der Waals surface area contributed by atoms with Crippen molar-refractivity contribution < 1.29 is 19.1 Å². The van der Waals surface area contributed by atoms with Gasteiger partial charge in [-0.15, -0.1) is 0 Å². The summed E-state index contributed by atoms with van der Waals surface area (Å²) in [6.45, 7) is 0.641. The first-order valence-electron chi connectivity index (χ1n) is 11.1. The van der Waals surface area contributed by atoms with Crippen molar-refractivity contribution in [1.82, 2.24) is 10.6 Å². The maximum absolute atomic E-state index is 12.9. The molecule has 6 rings (SSSR count). The Morgan fingerprint density at radius 3 is 2.81 bits per heavy atom. The van der Waals surface area contributed by atoms with Crippen LogP contribution in [0.5, 0.6) is 11.5 Å². The molecular weight excluding hydrogens is 392 g/mol. The Balaban J connectivity index is 1.26. The highest BCUT2D eigenvalue weighted by atomic mass is 16.5. The molecule has 4 aliphatic rings. The Bertz CT molecular complexity index is 992. The Labute approximate surface area is 182 Å². The van der Waals surface area contributed by atoms with Crippen LogP contribution in [-0.4, -0.2) is 31.2 Å². The van der Waals surface area contributed by atoms with E-state index in [4.69, 9.17) is 9.47 Å². The van der Waals surface area contributed by atoms with Crippen LogP contribution in [0.25, 0.3) is 0 Å². The molecule has 1 heterocycles. The minimum Gasteiger partial charge on any atom is -0.497 e. The molecule has 2 aromatic rings. The lowest BCUT2D eigenvalue weighted by Gasteiger charge is -2.55. The molecule has 0 aromatic heterocycles. The fraction of sp³-hybridized carbons (Fsp3) is 0.440. The van der Waals surface area contributed by atoms with Gasteiger partial charge in [-0.05, 0) is 49.3 Å². The predicted octanol–water partition coefficient (Wildman–Crippen LogP) is 3.31. The molecule has 3 saturated carbocycles. The van der Waals surface area contributed by atoms with Crippen molar-refractivity contribution in [3.63, 3.8) is 0 Å². The molecule has 6 nitrogen and oxygen atoms in total. The van der Waals surface area contributed by atoms with E-state index < -0.39 is 5.72 Å². The van der Waals surface area contributed by atoms with Crippen LogP contribution in [0.1, 0.15) is 41.6 Å². The fourth-order valence-corrected chi connectivity index (χ4v) is 5.55. The van der Waals surface area contributed by atoms with Crippen molar-refractivity contribution in [3.05, 3.63) is 59.7 Å². The number of fused-ring (bicyclic) bond motifs is 3. The lowest BCUT2D eigenvalue weighted by atomic mass is 9.60. The molecule has 2 N–H and O–H groups in total. The zero-order valence-corrected chi connectivity index (χ0v) is 17.7. The van der Waals surface area contributed by atoms with Gasteiger partial charge in [0.05, 0.1) is 12.7 Å². The summed E-state index contributed by atoms with van der Waals surface area (Å²) in [5.41, 5.74) is 1.03. The first-order chi connectivity index (χ1) is 15.1. The van der Waals surface area contributed by atoms with E-state index in [9.17, 15) is 9.59 Å². The Morgan fingerprint density at radius 1 is 1.23 bits per heavy atom. The Kier molecular flexibility index (Phi) is 5.08. The van der Waals surface area contributed by atoms with Gasteiger partial charge in [0.15, 0.2) is 5.72 Å². The molecule has 6 heteroatoms. The van der Waals surface area contributed by atoms with Gasteiger partial charge < -0.3 is 20.1 Å². The third-order valence-electron chi connectivity index (χ3n) is 7.16. The van der Waals surface area contributed by atoms with Crippen LogP contribution < -0.4 is 20.1 Å². The monoisotopic (exact) mass is 420 g/mol. The van der Waals surface area contributed by atoms with Crippen molar-refractivity contribution >= 4 is 11.8 Å². The second kappa shape index (κ2) is 7.91. The minimum absolute atomic E-state index is 0.0210. The summed E-state index contributed by atoms with van der Waals surface area (Å²) in [4.78, 5) is 25.8. The minimum atomic E-state index is -0.722. The maximum atomic E-state index is 12.9. The van der Waals surface area contributed by atoms with E-state index in [0.717, 1.165) is 25.7 Å². The van der Waals surface area contributed by atoms with E-state index in [2.05, 4.69) is 22.8 Å². The third-order valence-corrected chi connectivity index (χ3v) is 7.16. The zero-order valence-electron chi connectivity index (χ0n) is 17.7. The fourth-order valence-electron chi connectivity index (χ4n) is 5.55. The van der Waals surface area contributed by atoms with E-state index >= 15 is 0 Å². The van der Waals surface area contributed by atoms with Gasteiger partial charge in [0.1, 0.15) is 11.5 Å². The van der Waals surface area contributed by atoms with Crippen LogP contribution in [0.15, 0.2) is 48.5 Å². The average Bonchev–Trinajstić information content (AvgIpc) is 2.79. The number of rotatable bonds is 5. The van der Waals surface area contributed by atoms with Gasteiger partial charge in [-0.3, -0.25) is 9.59 Å². The van der Waals surface area contributed by atoms with E-state index in [1.807, 2.05) is 18.2 Å². The summed E-state index contributed by atoms with van der Waals surface area (Å²) in [5, 5.41) is 6.28.